The Kier molecular flexibility index (Phi) is 4.69. The van der Waals surface area contributed by atoms with E-state index in [2.05, 4.69) is 15.6 Å². The second-order valence-corrected chi connectivity index (χ2v) is 5.89. The van der Waals surface area contributed by atoms with Crippen LogP contribution < -0.4 is 5.32 Å². The first-order chi connectivity index (χ1) is 12.7. The van der Waals surface area contributed by atoms with E-state index in [0.717, 1.165) is 6.07 Å². The number of carbonyl (C=O) groups is 1. The second kappa shape index (κ2) is 6.82. The molecule has 9 heteroatoms. The summed E-state index contributed by atoms with van der Waals surface area (Å²) >= 11 is 0. The average molecular weight is 378 g/mol. The van der Waals surface area contributed by atoms with Crippen LogP contribution in [0.2, 0.25) is 0 Å². The van der Waals surface area contributed by atoms with E-state index in [1.807, 2.05) is 0 Å². The Bertz CT molecular complexity index is 994. The van der Waals surface area contributed by atoms with Gasteiger partial charge in [0.25, 0.3) is 5.91 Å². The summed E-state index contributed by atoms with van der Waals surface area (Å²) in [5.41, 5.74) is 0.0328. The van der Waals surface area contributed by atoms with Crippen molar-refractivity contribution in [3.8, 4) is 5.69 Å². The minimum Gasteiger partial charge on any atom is -0.321 e. The third-order valence-electron chi connectivity index (χ3n) is 3.98. The average Bonchev–Trinajstić information content (AvgIpc) is 2.98. The highest BCUT2D eigenvalue weighted by atomic mass is 19.4. The number of anilines is 1. The molecule has 1 heterocycles. The smallest absolute Gasteiger partial charge is 0.321 e. The SMILES string of the molecule is Cc1ccc(NC(=O)c2nnn(-c3ccc(F)cc3)c2C)cc1C(F)(F)F. The molecule has 0 saturated carbocycles. The molecular formula is C18H14F4N4O. The number of hydrogen-bond donors (Lipinski definition) is 1. The van der Waals surface area contributed by atoms with Crippen LogP contribution in [-0.2, 0) is 6.18 Å². The molecule has 0 unspecified atom stereocenters. The van der Waals surface area contributed by atoms with Gasteiger partial charge < -0.3 is 5.32 Å². The Balaban J connectivity index is 1.87. The number of aryl methyl sites for hydroxylation is 1. The summed E-state index contributed by atoms with van der Waals surface area (Å²) in [7, 11) is 0. The summed E-state index contributed by atoms with van der Waals surface area (Å²) in [6.45, 7) is 2.92. The van der Waals surface area contributed by atoms with E-state index in [-0.39, 0.29) is 16.9 Å². The molecule has 0 aliphatic rings. The number of halogens is 4. The van der Waals surface area contributed by atoms with E-state index < -0.39 is 23.5 Å². The molecule has 3 rings (SSSR count). The second-order valence-electron chi connectivity index (χ2n) is 5.89. The monoisotopic (exact) mass is 378 g/mol. The van der Waals surface area contributed by atoms with Crippen molar-refractivity contribution in [2.75, 3.05) is 5.32 Å². The van der Waals surface area contributed by atoms with Crippen LogP contribution in [-0.4, -0.2) is 20.9 Å². The van der Waals surface area contributed by atoms with Crippen molar-refractivity contribution in [2.24, 2.45) is 0 Å². The van der Waals surface area contributed by atoms with Gasteiger partial charge >= 0.3 is 6.18 Å². The van der Waals surface area contributed by atoms with Crippen molar-refractivity contribution in [1.29, 1.82) is 0 Å². The van der Waals surface area contributed by atoms with Gasteiger partial charge in [-0.3, -0.25) is 4.79 Å². The Morgan fingerprint density at radius 1 is 1.07 bits per heavy atom. The van der Waals surface area contributed by atoms with Gasteiger partial charge in [0.1, 0.15) is 5.82 Å². The zero-order valence-corrected chi connectivity index (χ0v) is 14.3. The number of benzene rings is 2. The summed E-state index contributed by atoms with van der Waals surface area (Å²) in [4.78, 5) is 12.4. The molecule has 5 nitrogen and oxygen atoms in total. The molecule has 1 aromatic heterocycles. The van der Waals surface area contributed by atoms with E-state index in [9.17, 15) is 22.4 Å². The van der Waals surface area contributed by atoms with E-state index in [0.29, 0.717) is 11.4 Å². The first-order valence-electron chi connectivity index (χ1n) is 7.84. The molecule has 0 fully saturated rings. The highest BCUT2D eigenvalue weighted by Crippen LogP contribution is 2.33. The van der Waals surface area contributed by atoms with Crippen LogP contribution in [0.3, 0.4) is 0 Å². The topological polar surface area (TPSA) is 59.8 Å². The summed E-state index contributed by atoms with van der Waals surface area (Å²) < 4.78 is 53.4. The lowest BCUT2D eigenvalue weighted by atomic mass is 10.1. The molecule has 0 spiro atoms. The van der Waals surface area contributed by atoms with Crippen LogP contribution in [0.1, 0.15) is 27.3 Å². The lowest BCUT2D eigenvalue weighted by Crippen LogP contribution is -2.15. The van der Waals surface area contributed by atoms with Gasteiger partial charge in [-0.15, -0.1) is 5.10 Å². The molecular weight excluding hydrogens is 364 g/mol. The molecule has 140 valence electrons. The zero-order chi connectivity index (χ0) is 19.8. The zero-order valence-electron chi connectivity index (χ0n) is 14.3. The lowest BCUT2D eigenvalue weighted by Gasteiger charge is -2.12. The highest BCUT2D eigenvalue weighted by Gasteiger charge is 2.32. The summed E-state index contributed by atoms with van der Waals surface area (Å²) in [6, 6.07) is 8.93. The quantitative estimate of drug-likeness (QED) is 0.692. The number of rotatable bonds is 3. The molecule has 0 atom stereocenters. The molecule has 0 aliphatic carbocycles. The molecule has 3 aromatic rings. The number of hydrogen-bond acceptors (Lipinski definition) is 3. The number of nitrogens with one attached hydrogen (secondary N) is 1. The summed E-state index contributed by atoms with van der Waals surface area (Å²) in [5.74, 6) is -1.12. The standard InChI is InChI=1S/C18H14F4N4O/c1-10-3-6-13(9-15(10)18(20,21)22)23-17(27)16-11(2)26(25-24-16)14-7-4-12(19)5-8-14/h3-9H,1-2H3,(H,23,27). The van der Waals surface area contributed by atoms with Crippen LogP contribution in [0.4, 0.5) is 23.2 Å². The maximum Gasteiger partial charge on any atom is 0.416 e. The van der Waals surface area contributed by atoms with Gasteiger partial charge in [-0.1, -0.05) is 11.3 Å². The van der Waals surface area contributed by atoms with E-state index in [4.69, 9.17) is 0 Å². The minimum absolute atomic E-state index is 0.00587. The minimum atomic E-state index is -4.52. The maximum absolute atomic E-state index is 13.0. The number of amides is 1. The Morgan fingerprint density at radius 3 is 2.37 bits per heavy atom. The van der Waals surface area contributed by atoms with Gasteiger partial charge in [-0.25, -0.2) is 9.07 Å². The first kappa shape index (κ1) is 18.6. The van der Waals surface area contributed by atoms with Crippen molar-refractivity contribution >= 4 is 11.6 Å². The molecule has 27 heavy (non-hydrogen) atoms. The van der Waals surface area contributed by atoms with Crippen molar-refractivity contribution in [1.82, 2.24) is 15.0 Å². The third-order valence-corrected chi connectivity index (χ3v) is 3.98. The molecule has 0 bridgehead atoms. The van der Waals surface area contributed by atoms with Crippen molar-refractivity contribution < 1.29 is 22.4 Å². The molecule has 0 saturated heterocycles. The Morgan fingerprint density at radius 2 is 1.74 bits per heavy atom. The van der Waals surface area contributed by atoms with E-state index in [1.165, 1.54) is 48.0 Å². The molecule has 1 amide bonds. The predicted octanol–water partition coefficient (Wildman–Crippen LogP) is 4.29. The van der Waals surface area contributed by atoms with Crippen molar-refractivity contribution in [3.05, 3.63) is 70.8 Å². The van der Waals surface area contributed by atoms with Crippen LogP contribution in [0.25, 0.3) is 5.69 Å². The maximum atomic E-state index is 13.0. The highest BCUT2D eigenvalue weighted by molar-refractivity contribution is 6.03. The fourth-order valence-electron chi connectivity index (χ4n) is 2.56. The Labute approximate surface area is 151 Å². The van der Waals surface area contributed by atoms with Crippen molar-refractivity contribution in [3.63, 3.8) is 0 Å². The van der Waals surface area contributed by atoms with E-state index in [1.54, 1.807) is 6.92 Å². The number of carbonyl (C=O) groups excluding carboxylic acids is 1. The molecule has 0 aliphatic heterocycles. The number of aromatic nitrogens is 3. The lowest BCUT2D eigenvalue weighted by molar-refractivity contribution is -0.138. The number of alkyl halides is 3. The van der Waals surface area contributed by atoms with Gasteiger partial charge in [0.15, 0.2) is 5.69 Å². The van der Waals surface area contributed by atoms with Gasteiger partial charge in [0, 0.05) is 5.69 Å². The fraction of sp³-hybridized carbons (Fsp3) is 0.167. The molecule has 2 aromatic carbocycles. The van der Waals surface area contributed by atoms with E-state index >= 15 is 0 Å². The largest absolute Gasteiger partial charge is 0.416 e. The fourth-order valence-corrected chi connectivity index (χ4v) is 2.56. The Hall–Kier alpha value is -3.23. The van der Waals surface area contributed by atoms with Crippen LogP contribution >= 0.6 is 0 Å². The van der Waals surface area contributed by atoms with Crippen LogP contribution in [0, 0.1) is 19.7 Å². The predicted molar refractivity (Wildman–Crippen MR) is 90.2 cm³/mol. The summed E-state index contributed by atoms with van der Waals surface area (Å²) in [5, 5.41) is 10.0. The first-order valence-corrected chi connectivity index (χ1v) is 7.84. The van der Waals surface area contributed by atoms with Gasteiger partial charge in [0.05, 0.1) is 16.9 Å². The van der Waals surface area contributed by atoms with Gasteiger partial charge in [-0.05, 0) is 55.8 Å². The molecule has 1 N–H and O–H groups in total. The van der Waals surface area contributed by atoms with Crippen LogP contribution in [0.15, 0.2) is 42.5 Å². The molecule has 0 radical (unpaired) electrons. The van der Waals surface area contributed by atoms with Gasteiger partial charge in [-0.2, -0.15) is 13.2 Å². The van der Waals surface area contributed by atoms with Crippen LogP contribution in [0.5, 0.6) is 0 Å². The van der Waals surface area contributed by atoms with Gasteiger partial charge in [0.2, 0.25) is 0 Å². The normalized spacial score (nSPS) is 11.5. The number of nitrogens with zero attached hydrogens (tertiary/aromatic N) is 3. The van der Waals surface area contributed by atoms with Crippen molar-refractivity contribution in [2.45, 2.75) is 20.0 Å². The third kappa shape index (κ3) is 3.81. The summed E-state index contributed by atoms with van der Waals surface area (Å²) in [6.07, 6.45) is -4.52.